The lowest BCUT2D eigenvalue weighted by atomic mass is 9.77. The van der Waals surface area contributed by atoms with Crippen molar-refractivity contribution in [1.29, 1.82) is 0 Å². The number of rotatable bonds is 9. The number of benzene rings is 4. The number of thiocarbonyl (C=S) groups is 1. The SMILES string of the molecule is O=c1ccc(Cl)cn1-c1ccc(C(OC(=S)Oc2ccccc2)c2cn(C(c3ccccc3)(c3ccccc3)c3ccccc3)cn2)cn1. The summed E-state index contributed by atoms with van der Waals surface area (Å²) in [5, 5.41) is 0.334. The van der Waals surface area contributed by atoms with Gasteiger partial charge in [0.05, 0.1) is 11.3 Å². The molecule has 7 aromatic rings. The molecule has 1 atom stereocenters. The number of hydrogen-bond donors (Lipinski definition) is 0. The Labute approximate surface area is 293 Å². The molecule has 0 aliphatic carbocycles. The van der Waals surface area contributed by atoms with Gasteiger partial charge in [-0.1, -0.05) is 121 Å². The number of nitrogens with zero attached hydrogens (tertiary/aromatic N) is 4. The lowest BCUT2D eigenvalue weighted by molar-refractivity contribution is 0.187. The van der Waals surface area contributed by atoms with Crippen molar-refractivity contribution in [2.75, 3.05) is 0 Å². The van der Waals surface area contributed by atoms with Gasteiger partial charge in [0.1, 0.15) is 22.8 Å². The molecule has 4 aromatic carbocycles. The molecule has 7 nitrogen and oxygen atoms in total. The van der Waals surface area contributed by atoms with Gasteiger partial charge < -0.3 is 14.0 Å². The minimum atomic E-state index is -0.810. The molecule has 0 aliphatic heterocycles. The highest BCUT2D eigenvalue weighted by molar-refractivity contribution is 7.79. The molecule has 3 heterocycles. The molecule has 0 saturated carbocycles. The Bertz CT molecular complexity index is 2130. The van der Waals surface area contributed by atoms with Crippen molar-refractivity contribution >= 4 is 29.1 Å². The first-order chi connectivity index (χ1) is 24.0. The Kier molecular flexibility index (Phi) is 9.14. The van der Waals surface area contributed by atoms with Crippen LogP contribution in [-0.4, -0.2) is 24.3 Å². The summed E-state index contributed by atoms with van der Waals surface area (Å²) >= 11 is 11.8. The van der Waals surface area contributed by atoms with E-state index in [2.05, 4.69) is 45.9 Å². The third kappa shape index (κ3) is 6.52. The van der Waals surface area contributed by atoms with Gasteiger partial charge in [-0.15, -0.1) is 0 Å². The highest BCUT2D eigenvalue weighted by Crippen LogP contribution is 2.41. The highest BCUT2D eigenvalue weighted by atomic mass is 35.5. The molecule has 7 rings (SSSR count). The predicted octanol–water partition coefficient (Wildman–Crippen LogP) is 8.39. The zero-order valence-corrected chi connectivity index (χ0v) is 27.6. The van der Waals surface area contributed by atoms with Gasteiger partial charge >= 0.3 is 5.24 Å². The van der Waals surface area contributed by atoms with Crippen molar-refractivity contribution in [2.45, 2.75) is 11.6 Å². The third-order valence-electron chi connectivity index (χ3n) is 8.19. The maximum atomic E-state index is 12.6. The molecule has 1 unspecified atom stereocenters. The molecular weight excluding hydrogens is 652 g/mol. The molecule has 49 heavy (non-hydrogen) atoms. The van der Waals surface area contributed by atoms with Crippen LogP contribution >= 0.6 is 23.8 Å². The van der Waals surface area contributed by atoms with Gasteiger partial charge in [-0.2, -0.15) is 0 Å². The van der Waals surface area contributed by atoms with Crippen LogP contribution in [0.5, 0.6) is 5.75 Å². The van der Waals surface area contributed by atoms with Gasteiger partial charge in [0.2, 0.25) is 0 Å². The molecule has 0 amide bonds. The van der Waals surface area contributed by atoms with Crippen molar-refractivity contribution in [1.82, 2.24) is 19.1 Å². The number of para-hydroxylation sites is 1. The molecule has 0 bridgehead atoms. The van der Waals surface area contributed by atoms with Gasteiger partial charge in [-0.05, 0) is 47.0 Å². The summed E-state index contributed by atoms with van der Waals surface area (Å²) in [7, 11) is 0. The van der Waals surface area contributed by atoms with Crippen molar-refractivity contribution in [3.05, 3.63) is 214 Å². The summed E-state index contributed by atoms with van der Waals surface area (Å²) in [5.41, 5.74) is 3.33. The fraction of sp³-hybridized carbons (Fsp3) is 0.0500. The van der Waals surface area contributed by atoms with Crippen LogP contribution in [0.2, 0.25) is 5.02 Å². The second-order valence-electron chi connectivity index (χ2n) is 11.2. The summed E-state index contributed by atoms with van der Waals surface area (Å²) in [6.07, 6.45) is 6.14. The largest absolute Gasteiger partial charge is 0.442 e. The average molecular weight is 681 g/mol. The number of halogens is 1. The maximum Gasteiger partial charge on any atom is 0.358 e. The fourth-order valence-corrected chi connectivity index (χ4v) is 6.33. The lowest BCUT2D eigenvalue weighted by Gasteiger charge is -2.37. The van der Waals surface area contributed by atoms with Gasteiger partial charge in [-0.3, -0.25) is 9.36 Å². The third-order valence-corrected chi connectivity index (χ3v) is 8.59. The topological polar surface area (TPSA) is 71.2 Å². The Balaban J connectivity index is 1.35. The first-order valence-corrected chi connectivity index (χ1v) is 16.3. The van der Waals surface area contributed by atoms with Crippen LogP contribution in [0.4, 0.5) is 0 Å². The van der Waals surface area contributed by atoms with Crippen LogP contribution in [0.1, 0.15) is 34.1 Å². The maximum absolute atomic E-state index is 12.6. The minimum absolute atomic E-state index is 0.0821. The molecule has 0 fully saturated rings. The first-order valence-electron chi connectivity index (χ1n) is 15.5. The summed E-state index contributed by atoms with van der Waals surface area (Å²) in [4.78, 5) is 22.1. The number of imidazole rings is 1. The van der Waals surface area contributed by atoms with E-state index in [1.807, 2.05) is 91.4 Å². The molecule has 3 aromatic heterocycles. The smallest absolute Gasteiger partial charge is 0.358 e. The Morgan fingerprint density at radius 3 is 1.82 bits per heavy atom. The van der Waals surface area contributed by atoms with E-state index < -0.39 is 11.6 Å². The van der Waals surface area contributed by atoms with Crippen molar-refractivity contribution in [3.63, 3.8) is 0 Å². The van der Waals surface area contributed by atoms with Crippen LogP contribution < -0.4 is 10.3 Å². The molecule has 0 aliphatic rings. The molecule has 0 radical (unpaired) electrons. The van der Waals surface area contributed by atoms with E-state index in [-0.39, 0.29) is 10.8 Å². The van der Waals surface area contributed by atoms with Crippen LogP contribution in [0, 0.1) is 0 Å². The van der Waals surface area contributed by atoms with E-state index in [1.165, 1.54) is 16.8 Å². The lowest BCUT2D eigenvalue weighted by Crippen LogP contribution is -2.37. The first kappa shape index (κ1) is 31.8. The average Bonchev–Trinajstić information content (AvgIpc) is 3.64. The fourth-order valence-electron chi connectivity index (χ4n) is 5.98. The summed E-state index contributed by atoms with van der Waals surface area (Å²) in [5.74, 6) is 0.946. The monoisotopic (exact) mass is 680 g/mol. The molecule has 240 valence electrons. The van der Waals surface area contributed by atoms with Gasteiger partial charge in [0.25, 0.3) is 5.56 Å². The van der Waals surface area contributed by atoms with Crippen LogP contribution in [-0.2, 0) is 10.3 Å². The van der Waals surface area contributed by atoms with E-state index in [0.717, 1.165) is 16.7 Å². The highest BCUT2D eigenvalue weighted by Gasteiger charge is 2.39. The second-order valence-corrected chi connectivity index (χ2v) is 12.0. The second kappa shape index (κ2) is 14.1. The molecule has 9 heteroatoms. The number of hydrogen-bond acceptors (Lipinski definition) is 6. The molecule has 0 N–H and O–H groups in total. The standard InChI is InChI=1S/C40H29ClN4O3S/c41-33-22-24-37(46)45(26-33)36-23-21-29(25-42-36)38(48-39(49)47-34-19-11-4-12-20-34)35-27-44(28-43-35)40(30-13-5-1-6-14-30,31-15-7-2-8-16-31)32-17-9-3-10-18-32/h1-28,38H. The predicted molar refractivity (Wildman–Crippen MR) is 194 cm³/mol. The van der Waals surface area contributed by atoms with Gasteiger partial charge in [0, 0.05) is 42.4 Å². The van der Waals surface area contributed by atoms with Crippen molar-refractivity contribution in [2.24, 2.45) is 0 Å². The van der Waals surface area contributed by atoms with Crippen LogP contribution in [0.15, 0.2) is 175 Å². The van der Waals surface area contributed by atoms with Crippen molar-refractivity contribution in [3.8, 4) is 11.6 Å². The van der Waals surface area contributed by atoms with E-state index >= 15 is 0 Å². The normalized spacial score (nSPS) is 11.9. The van der Waals surface area contributed by atoms with Crippen molar-refractivity contribution < 1.29 is 9.47 Å². The van der Waals surface area contributed by atoms with Crippen LogP contribution in [0.25, 0.3) is 5.82 Å². The zero-order valence-electron chi connectivity index (χ0n) is 26.0. The van der Waals surface area contributed by atoms with Gasteiger partial charge in [0.15, 0.2) is 6.10 Å². The number of pyridine rings is 2. The van der Waals surface area contributed by atoms with E-state index in [4.69, 9.17) is 38.3 Å². The van der Waals surface area contributed by atoms with E-state index in [9.17, 15) is 4.79 Å². The molecule has 0 spiro atoms. The Morgan fingerprint density at radius 1 is 0.694 bits per heavy atom. The number of aromatic nitrogens is 4. The molecular formula is C40H29ClN4O3S. The summed E-state index contributed by atoms with van der Waals surface area (Å²) in [6.45, 7) is 0. The van der Waals surface area contributed by atoms with Gasteiger partial charge in [-0.25, -0.2) is 9.97 Å². The molecule has 0 saturated heterocycles. The van der Waals surface area contributed by atoms with E-state index in [0.29, 0.717) is 27.8 Å². The summed E-state index contributed by atoms with van der Waals surface area (Å²) in [6, 6.07) is 46.7. The Hall–Kier alpha value is -5.83. The minimum Gasteiger partial charge on any atom is -0.442 e. The number of ether oxygens (including phenoxy) is 2. The Morgan fingerprint density at radius 2 is 1.27 bits per heavy atom. The van der Waals surface area contributed by atoms with Crippen LogP contribution in [0.3, 0.4) is 0 Å². The summed E-state index contributed by atoms with van der Waals surface area (Å²) < 4.78 is 15.7. The zero-order chi connectivity index (χ0) is 33.6. The van der Waals surface area contributed by atoms with E-state index in [1.54, 1.807) is 30.5 Å². The quantitative estimate of drug-likeness (QED) is 0.113.